The van der Waals surface area contributed by atoms with Gasteiger partial charge in [-0.1, -0.05) is 54.1 Å². The molecule has 5 heteroatoms. The molecule has 1 fully saturated rings. The molecule has 162 valence electrons. The Morgan fingerprint density at radius 2 is 1.81 bits per heavy atom. The van der Waals surface area contributed by atoms with Gasteiger partial charge in [0.25, 0.3) is 0 Å². The van der Waals surface area contributed by atoms with Gasteiger partial charge >= 0.3 is 0 Å². The van der Waals surface area contributed by atoms with Crippen LogP contribution in [0, 0.1) is 5.82 Å². The van der Waals surface area contributed by atoms with Gasteiger partial charge in [-0.15, -0.1) is 0 Å². The average molecular weight is 447 g/mol. The van der Waals surface area contributed by atoms with Crippen molar-refractivity contribution in [2.75, 3.05) is 13.1 Å². The minimum Gasteiger partial charge on any atom is -0.343 e. The molecule has 1 aromatic heterocycles. The van der Waals surface area contributed by atoms with Gasteiger partial charge in [0.2, 0.25) is 5.91 Å². The summed E-state index contributed by atoms with van der Waals surface area (Å²) in [4.78, 5) is 14.8. The lowest BCUT2D eigenvalue weighted by Crippen LogP contribution is -2.29. The number of carbonyl (C=O) groups excluding carboxylic acids is 1. The Hall–Kier alpha value is -3.11. The van der Waals surface area contributed by atoms with E-state index in [0.29, 0.717) is 23.9 Å². The Balaban J connectivity index is 1.36. The fourth-order valence-corrected chi connectivity index (χ4v) is 4.82. The van der Waals surface area contributed by atoms with Crippen molar-refractivity contribution >= 4 is 28.4 Å². The number of hydrogen-bond acceptors (Lipinski definition) is 1. The lowest BCUT2D eigenvalue weighted by Gasteiger charge is -2.16. The second-order valence-electron chi connectivity index (χ2n) is 8.49. The second kappa shape index (κ2) is 8.79. The van der Waals surface area contributed by atoms with Gasteiger partial charge in [0.15, 0.2) is 0 Å². The van der Waals surface area contributed by atoms with Crippen LogP contribution in [0.3, 0.4) is 0 Å². The van der Waals surface area contributed by atoms with Gasteiger partial charge in [0.1, 0.15) is 5.82 Å². The third-order valence-corrected chi connectivity index (χ3v) is 6.56. The molecule has 2 heterocycles. The van der Waals surface area contributed by atoms with Gasteiger partial charge in [-0.3, -0.25) is 4.79 Å². The molecule has 4 aromatic rings. The summed E-state index contributed by atoms with van der Waals surface area (Å²) in [6.07, 6.45) is 3.53. The van der Waals surface area contributed by atoms with E-state index in [-0.39, 0.29) is 11.7 Å². The number of carbonyl (C=O) groups is 1. The maximum atomic E-state index is 13.7. The number of nitrogens with zero attached hydrogens (tertiary/aromatic N) is 2. The monoisotopic (exact) mass is 446 g/mol. The van der Waals surface area contributed by atoms with Crippen LogP contribution in [-0.2, 0) is 17.8 Å². The van der Waals surface area contributed by atoms with E-state index in [1.54, 1.807) is 12.1 Å². The Kier molecular flexibility index (Phi) is 5.71. The van der Waals surface area contributed by atoms with Crippen LogP contribution in [0.5, 0.6) is 0 Å². The summed E-state index contributed by atoms with van der Waals surface area (Å²) < 4.78 is 15.9. The highest BCUT2D eigenvalue weighted by molar-refractivity contribution is 6.30. The van der Waals surface area contributed by atoms with E-state index in [2.05, 4.69) is 29.0 Å². The smallest absolute Gasteiger partial charge is 0.227 e. The number of hydrogen-bond donors (Lipinski definition) is 0. The largest absolute Gasteiger partial charge is 0.343 e. The van der Waals surface area contributed by atoms with Crippen LogP contribution >= 0.6 is 11.6 Å². The van der Waals surface area contributed by atoms with Crippen molar-refractivity contribution in [3.63, 3.8) is 0 Å². The summed E-state index contributed by atoms with van der Waals surface area (Å²) in [5, 5.41) is 1.89. The first-order valence-corrected chi connectivity index (χ1v) is 11.3. The zero-order chi connectivity index (χ0) is 22.1. The highest BCUT2D eigenvalue weighted by Gasteiger charge is 2.29. The van der Waals surface area contributed by atoms with Crippen molar-refractivity contribution in [3.8, 4) is 0 Å². The number of likely N-dealkylation sites (tertiary alicyclic amines) is 1. The fraction of sp³-hybridized carbons (Fsp3) is 0.222. The lowest BCUT2D eigenvalue weighted by molar-refractivity contribution is -0.129. The third-order valence-electron chi connectivity index (χ3n) is 6.31. The first kappa shape index (κ1) is 20.8. The van der Waals surface area contributed by atoms with Crippen molar-refractivity contribution in [3.05, 3.63) is 107 Å². The molecular weight excluding hydrogens is 423 g/mol. The molecule has 3 aromatic carbocycles. The molecule has 5 rings (SSSR count). The van der Waals surface area contributed by atoms with Gasteiger partial charge in [-0.05, 0) is 53.4 Å². The number of benzene rings is 3. The predicted molar refractivity (Wildman–Crippen MR) is 127 cm³/mol. The Bertz CT molecular complexity index is 1260. The van der Waals surface area contributed by atoms with E-state index in [1.165, 1.54) is 17.0 Å². The van der Waals surface area contributed by atoms with Crippen LogP contribution in [-0.4, -0.2) is 28.5 Å². The predicted octanol–water partition coefficient (Wildman–Crippen LogP) is 6.04. The van der Waals surface area contributed by atoms with E-state index in [0.717, 1.165) is 36.2 Å². The maximum absolute atomic E-state index is 13.7. The minimum atomic E-state index is -0.218. The molecule has 1 aliphatic heterocycles. The SMILES string of the molecule is O=C(Cc1ccc(Cl)cc1)N1CCC(c2cn(Cc3cccc(F)c3)c3ccccc23)C1. The normalized spacial score (nSPS) is 16.1. The first-order valence-electron chi connectivity index (χ1n) is 10.9. The van der Waals surface area contributed by atoms with E-state index >= 15 is 0 Å². The number of aromatic nitrogens is 1. The van der Waals surface area contributed by atoms with Crippen molar-refractivity contribution < 1.29 is 9.18 Å². The van der Waals surface area contributed by atoms with Crippen LogP contribution in [0.4, 0.5) is 4.39 Å². The number of halogens is 2. The zero-order valence-electron chi connectivity index (χ0n) is 17.7. The number of para-hydroxylation sites is 1. The van der Waals surface area contributed by atoms with Crippen molar-refractivity contribution in [2.24, 2.45) is 0 Å². The van der Waals surface area contributed by atoms with Gasteiger partial charge in [-0.25, -0.2) is 4.39 Å². The van der Waals surface area contributed by atoms with E-state index in [9.17, 15) is 9.18 Å². The quantitative estimate of drug-likeness (QED) is 0.367. The summed E-state index contributed by atoms with van der Waals surface area (Å²) in [7, 11) is 0. The molecule has 1 atom stereocenters. The molecule has 0 N–H and O–H groups in total. The van der Waals surface area contributed by atoms with Crippen LogP contribution < -0.4 is 0 Å². The van der Waals surface area contributed by atoms with Crippen molar-refractivity contribution in [1.82, 2.24) is 9.47 Å². The molecule has 1 saturated heterocycles. The summed E-state index contributed by atoms with van der Waals surface area (Å²) >= 11 is 5.95. The Labute approximate surface area is 192 Å². The van der Waals surface area contributed by atoms with Gasteiger partial charge in [0, 0.05) is 47.7 Å². The highest BCUT2D eigenvalue weighted by atomic mass is 35.5. The summed E-state index contributed by atoms with van der Waals surface area (Å²) in [6, 6.07) is 22.6. The second-order valence-corrected chi connectivity index (χ2v) is 8.92. The molecule has 0 radical (unpaired) electrons. The maximum Gasteiger partial charge on any atom is 0.227 e. The van der Waals surface area contributed by atoms with E-state index in [4.69, 9.17) is 11.6 Å². The Morgan fingerprint density at radius 1 is 1.00 bits per heavy atom. The zero-order valence-corrected chi connectivity index (χ0v) is 18.4. The topological polar surface area (TPSA) is 25.2 Å². The van der Waals surface area contributed by atoms with Crippen LogP contribution in [0.15, 0.2) is 79.0 Å². The summed E-state index contributed by atoms with van der Waals surface area (Å²) in [5.41, 5.74) is 4.31. The fourth-order valence-electron chi connectivity index (χ4n) is 4.69. The molecule has 0 bridgehead atoms. The molecule has 3 nitrogen and oxygen atoms in total. The summed E-state index contributed by atoms with van der Waals surface area (Å²) in [6.45, 7) is 2.10. The molecular formula is C27H24ClFN2O. The molecule has 0 spiro atoms. The number of fused-ring (bicyclic) bond motifs is 1. The van der Waals surface area contributed by atoms with Crippen molar-refractivity contribution in [2.45, 2.75) is 25.3 Å². The first-order chi connectivity index (χ1) is 15.6. The van der Waals surface area contributed by atoms with Gasteiger partial charge in [0.05, 0.1) is 6.42 Å². The molecule has 32 heavy (non-hydrogen) atoms. The lowest BCUT2D eigenvalue weighted by atomic mass is 9.98. The van der Waals surface area contributed by atoms with Gasteiger partial charge in [-0.2, -0.15) is 0 Å². The number of amides is 1. The third kappa shape index (κ3) is 4.28. The molecule has 1 unspecified atom stereocenters. The van der Waals surface area contributed by atoms with E-state index in [1.807, 2.05) is 41.3 Å². The van der Waals surface area contributed by atoms with Crippen LogP contribution in [0.25, 0.3) is 10.9 Å². The Morgan fingerprint density at radius 3 is 2.62 bits per heavy atom. The summed E-state index contributed by atoms with van der Waals surface area (Å²) in [5.74, 6) is 0.228. The molecule has 0 saturated carbocycles. The van der Waals surface area contributed by atoms with Crippen molar-refractivity contribution in [1.29, 1.82) is 0 Å². The standard InChI is InChI=1S/C27H24ClFN2O/c28-22-10-8-19(9-11-22)15-27(32)30-13-12-21(17-30)25-18-31(26-7-2-1-6-24(25)26)16-20-4-3-5-23(29)14-20/h1-11,14,18,21H,12-13,15-17H2. The molecule has 1 amide bonds. The molecule has 1 aliphatic rings. The highest BCUT2D eigenvalue weighted by Crippen LogP contribution is 2.34. The minimum absolute atomic E-state index is 0.151. The van der Waals surface area contributed by atoms with Crippen LogP contribution in [0.2, 0.25) is 5.02 Å². The molecule has 0 aliphatic carbocycles. The number of rotatable bonds is 5. The van der Waals surface area contributed by atoms with E-state index < -0.39 is 0 Å². The van der Waals surface area contributed by atoms with Crippen LogP contribution in [0.1, 0.15) is 29.0 Å². The average Bonchev–Trinajstić information content (AvgIpc) is 3.41. The van der Waals surface area contributed by atoms with Gasteiger partial charge < -0.3 is 9.47 Å².